The van der Waals surface area contributed by atoms with Crippen LogP contribution in [0.15, 0.2) is 29.4 Å². The predicted molar refractivity (Wildman–Crippen MR) is 51.4 cm³/mol. The van der Waals surface area contributed by atoms with Gasteiger partial charge in [0.05, 0.1) is 6.54 Å². The van der Waals surface area contributed by atoms with Gasteiger partial charge in [0.1, 0.15) is 6.61 Å². The fraction of sp³-hybridized carbons (Fsp3) is 0.333. The van der Waals surface area contributed by atoms with Crippen molar-refractivity contribution >= 4 is 6.02 Å². The van der Waals surface area contributed by atoms with E-state index in [-0.39, 0.29) is 0 Å². The van der Waals surface area contributed by atoms with Gasteiger partial charge in [-0.1, -0.05) is 6.07 Å². The first kappa shape index (κ1) is 9.51. The number of ether oxygens (including phenoxy) is 1. The summed E-state index contributed by atoms with van der Waals surface area (Å²) in [5.74, 6) is 0. The zero-order valence-corrected chi connectivity index (χ0v) is 7.60. The third-order valence-electron chi connectivity index (χ3n) is 1.42. The summed E-state index contributed by atoms with van der Waals surface area (Å²) >= 11 is 0. The Hall–Kier alpha value is -1.58. The van der Waals surface area contributed by atoms with E-state index in [0.717, 1.165) is 12.2 Å². The summed E-state index contributed by atoms with van der Waals surface area (Å²) in [5, 5.41) is 0. The van der Waals surface area contributed by atoms with Crippen LogP contribution in [0.1, 0.15) is 5.69 Å². The van der Waals surface area contributed by atoms with Crippen LogP contribution < -0.4 is 5.73 Å². The molecule has 0 fully saturated rings. The molecule has 70 valence electrons. The molecule has 4 nitrogen and oxygen atoms in total. The van der Waals surface area contributed by atoms with Crippen LogP contribution in [0.2, 0.25) is 0 Å². The number of aryl methyl sites for hydroxylation is 1. The van der Waals surface area contributed by atoms with Crippen LogP contribution in [-0.4, -0.2) is 24.2 Å². The van der Waals surface area contributed by atoms with Gasteiger partial charge in [-0.15, -0.1) is 0 Å². The normalized spacial score (nSPS) is 13.8. The number of hydrogen-bond acceptors (Lipinski definition) is 4. The molecule has 1 aliphatic rings. The number of aromatic nitrogens is 1. The molecule has 0 aliphatic carbocycles. The van der Waals surface area contributed by atoms with Crippen molar-refractivity contribution in [3.8, 4) is 0 Å². The maximum atomic E-state index is 5.06. The van der Waals surface area contributed by atoms with E-state index in [1.807, 2.05) is 25.1 Å². The average molecular weight is 179 g/mol. The third-order valence-corrected chi connectivity index (χ3v) is 1.42. The summed E-state index contributed by atoms with van der Waals surface area (Å²) in [7, 11) is 0. The van der Waals surface area contributed by atoms with Crippen LogP contribution in [0.3, 0.4) is 0 Å². The van der Waals surface area contributed by atoms with E-state index in [1.54, 1.807) is 6.20 Å². The van der Waals surface area contributed by atoms with Gasteiger partial charge in [0.2, 0.25) is 0 Å². The number of pyridine rings is 1. The highest BCUT2D eigenvalue weighted by Gasteiger charge is 1.97. The SMILES string of the molecule is Cc1ccccn1.NC1=NCCO1. The average Bonchev–Trinajstić information content (AvgIpc) is 2.58. The summed E-state index contributed by atoms with van der Waals surface area (Å²) in [5.41, 5.74) is 6.13. The van der Waals surface area contributed by atoms with E-state index in [1.165, 1.54) is 0 Å². The van der Waals surface area contributed by atoms with E-state index in [0.29, 0.717) is 12.6 Å². The Morgan fingerprint density at radius 2 is 2.31 bits per heavy atom. The molecule has 2 N–H and O–H groups in total. The number of hydrogen-bond donors (Lipinski definition) is 1. The maximum Gasteiger partial charge on any atom is 0.282 e. The summed E-state index contributed by atoms with van der Waals surface area (Å²) in [6.45, 7) is 3.36. The van der Waals surface area contributed by atoms with Gasteiger partial charge in [0.15, 0.2) is 0 Å². The van der Waals surface area contributed by atoms with E-state index in [2.05, 4.69) is 14.7 Å². The number of aliphatic imine (C=N–C) groups is 1. The number of nitrogens with zero attached hydrogens (tertiary/aromatic N) is 2. The number of amidine groups is 1. The third kappa shape index (κ3) is 4.10. The van der Waals surface area contributed by atoms with Crippen LogP contribution >= 0.6 is 0 Å². The number of rotatable bonds is 0. The highest BCUT2D eigenvalue weighted by atomic mass is 16.5. The Bertz CT molecular complexity index is 271. The zero-order valence-electron chi connectivity index (χ0n) is 7.60. The molecule has 1 aliphatic heterocycles. The molecular formula is C9H13N3O. The molecule has 2 heterocycles. The lowest BCUT2D eigenvalue weighted by Crippen LogP contribution is -2.10. The molecule has 0 radical (unpaired) electrons. The minimum atomic E-state index is 0.329. The smallest absolute Gasteiger partial charge is 0.282 e. The largest absolute Gasteiger partial charge is 0.463 e. The lowest BCUT2D eigenvalue weighted by atomic mass is 10.4. The van der Waals surface area contributed by atoms with Gasteiger partial charge in [-0.25, -0.2) is 4.99 Å². The van der Waals surface area contributed by atoms with Crippen molar-refractivity contribution in [3.05, 3.63) is 30.1 Å². The van der Waals surface area contributed by atoms with Gasteiger partial charge in [0, 0.05) is 11.9 Å². The van der Waals surface area contributed by atoms with E-state index < -0.39 is 0 Å². The molecule has 0 amide bonds. The van der Waals surface area contributed by atoms with Crippen molar-refractivity contribution in [2.24, 2.45) is 10.7 Å². The molecule has 2 rings (SSSR count). The Morgan fingerprint density at radius 1 is 1.46 bits per heavy atom. The first-order valence-electron chi connectivity index (χ1n) is 4.09. The molecule has 0 spiro atoms. The van der Waals surface area contributed by atoms with Crippen molar-refractivity contribution in [2.75, 3.05) is 13.2 Å². The summed E-state index contributed by atoms with van der Waals surface area (Å²) in [4.78, 5) is 7.69. The van der Waals surface area contributed by atoms with Crippen molar-refractivity contribution in [2.45, 2.75) is 6.92 Å². The zero-order chi connectivity index (χ0) is 9.52. The Labute approximate surface area is 77.5 Å². The molecule has 0 atom stereocenters. The maximum absolute atomic E-state index is 5.06. The quantitative estimate of drug-likeness (QED) is 0.638. The van der Waals surface area contributed by atoms with Gasteiger partial charge >= 0.3 is 0 Å². The van der Waals surface area contributed by atoms with Gasteiger partial charge in [-0.3, -0.25) is 4.98 Å². The molecule has 0 aromatic carbocycles. The highest BCUT2D eigenvalue weighted by Crippen LogP contribution is 1.86. The van der Waals surface area contributed by atoms with Gasteiger partial charge < -0.3 is 10.5 Å². The first-order valence-corrected chi connectivity index (χ1v) is 4.09. The molecule has 1 aromatic rings. The molecular weight excluding hydrogens is 166 g/mol. The minimum absolute atomic E-state index is 0.329. The Morgan fingerprint density at radius 3 is 2.54 bits per heavy atom. The number of nitrogens with two attached hydrogens (primary N) is 1. The Kier molecular flexibility index (Phi) is 3.75. The van der Waals surface area contributed by atoms with E-state index in [4.69, 9.17) is 5.73 Å². The van der Waals surface area contributed by atoms with Crippen molar-refractivity contribution < 1.29 is 4.74 Å². The van der Waals surface area contributed by atoms with Crippen molar-refractivity contribution in [1.82, 2.24) is 4.98 Å². The predicted octanol–water partition coefficient (Wildman–Crippen LogP) is 0.721. The van der Waals surface area contributed by atoms with Gasteiger partial charge in [0.25, 0.3) is 6.02 Å². The van der Waals surface area contributed by atoms with Crippen LogP contribution in [0.5, 0.6) is 0 Å². The second-order valence-corrected chi connectivity index (χ2v) is 2.54. The lowest BCUT2D eigenvalue weighted by Gasteiger charge is -1.86. The summed E-state index contributed by atoms with van der Waals surface area (Å²) in [6.07, 6.45) is 1.79. The summed E-state index contributed by atoms with van der Waals surface area (Å²) in [6, 6.07) is 6.19. The van der Waals surface area contributed by atoms with E-state index in [9.17, 15) is 0 Å². The molecule has 0 saturated carbocycles. The second-order valence-electron chi connectivity index (χ2n) is 2.54. The standard InChI is InChI=1S/C6H7N.C3H6N2O/c1-6-4-2-3-5-7-6;4-3-5-1-2-6-3/h2-5H,1H3;1-2H2,(H2,4,5). The van der Waals surface area contributed by atoms with Crippen LogP contribution in [0.4, 0.5) is 0 Å². The Balaban J connectivity index is 0.000000132. The topological polar surface area (TPSA) is 60.5 Å². The lowest BCUT2D eigenvalue weighted by molar-refractivity contribution is 0.342. The monoisotopic (exact) mass is 179 g/mol. The fourth-order valence-corrected chi connectivity index (χ4v) is 0.800. The van der Waals surface area contributed by atoms with Crippen LogP contribution in [-0.2, 0) is 4.74 Å². The summed E-state index contributed by atoms with van der Waals surface area (Å²) < 4.78 is 4.68. The first-order chi connectivity index (χ1) is 6.29. The molecule has 0 unspecified atom stereocenters. The molecule has 0 saturated heterocycles. The molecule has 0 bridgehead atoms. The van der Waals surface area contributed by atoms with Gasteiger partial charge in [-0.2, -0.15) is 0 Å². The van der Waals surface area contributed by atoms with E-state index >= 15 is 0 Å². The highest BCUT2D eigenvalue weighted by molar-refractivity contribution is 5.72. The van der Waals surface area contributed by atoms with Crippen LogP contribution in [0.25, 0.3) is 0 Å². The second kappa shape index (κ2) is 5.13. The fourth-order valence-electron chi connectivity index (χ4n) is 0.800. The van der Waals surface area contributed by atoms with Gasteiger partial charge in [-0.05, 0) is 19.1 Å². The molecule has 4 heteroatoms. The van der Waals surface area contributed by atoms with Crippen LogP contribution in [0, 0.1) is 6.92 Å². The molecule has 13 heavy (non-hydrogen) atoms. The molecule has 1 aromatic heterocycles. The van der Waals surface area contributed by atoms with Crippen molar-refractivity contribution in [1.29, 1.82) is 0 Å². The minimum Gasteiger partial charge on any atom is -0.463 e. The van der Waals surface area contributed by atoms with Crippen molar-refractivity contribution in [3.63, 3.8) is 0 Å².